The van der Waals surface area contributed by atoms with Crippen molar-refractivity contribution >= 4 is 29.9 Å². The molecule has 0 aromatic rings. The van der Waals surface area contributed by atoms with Gasteiger partial charge < -0.3 is 10.2 Å². The Morgan fingerprint density at radius 3 is 2.55 bits per heavy atom. The molecular weight excluding hydrogens is 363 g/mol. The molecule has 0 aromatic carbocycles. The molecule has 1 saturated heterocycles. The Balaban J connectivity index is 0.00000200. The van der Waals surface area contributed by atoms with E-state index in [0.717, 1.165) is 38.2 Å². The number of halogens is 1. The summed E-state index contributed by atoms with van der Waals surface area (Å²) in [5.74, 6) is 1.08. The molecule has 0 amide bonds. The predicted octanol–water partition coefficient (Wildman–Crippen LogP) is 2.40. The van der Waals surface area contributed by atoms with Crippen molar-refractivity contribution in [2.75, 3.05) is 39.8 Å². The van der Waals surface area contributed by atoms with Gasteiger partial charge in [-0.1, -0.05) is 20.8 Å². The molecule has 1 aliphatic heterocycles. The highest BCUT2D eigenvalue weighted by Crippen LogP contribution is 2.28. The molecule has 20 heavy (non-hydrogen) atoms. The third-order valence-electron chi connectivity index (χ3n) is 4.34. The van der Waals surface area contributed by atoms with E-state index in [-0.39, 0.29) is 24.0 Å². The van der Waals surface area contributed by atoms with Gasteiger partial charge in [-0.05, 0) is 31.2 Å². The average molecular weight is 394 g/mol. The minimum atomic E-state index is 0. The van der Waals surface area contributed by atoms with Gasteiger partial charge in [-0.25, -0.2) is 0 Å². The van der Waals surface area contributed by atoms with Crippen molar-refractivity contribution in [1.82, 2.24) is 15.1 Å². The summed E-state index contributed by atoms with van der Waals surface area (Å²) in [5, 5.41) is 3.53. The van der Waals surface area contributed by atoms with Crippen LogP contribution in [-0.2, 0) is 0 Å². The number of rotatable bonds is 5. The van der Waals surface area contributed by atoms with Gasteiger partial charge in [0, 0.05) is 39.3 Å². The number of likely N-dealkylation sites (tertiary alicyclic amines) is 1. The second-order valence-corrected chi connectivity index (χ2v) is 6.67. The van der Waals surface area contributed by atoms with Crippen LogP contribution in [0.15, 0.2) is 4.99 Å². The molecule has 5 heteroatoms. The predicted molar refractivity (Wildman–Crippen MR) is 97.0 cm³/mol. The zero-order valence-corrected chi connectivity index (χ0v) is 15.8. The summed E-state index contributed by atoms with van der Waals surface area (Å²) in [6.45, 7) is 12.5. The molecule has 0 unspecified atom stereocenters. The summed E-state index contributed by atoms with van der Waals surface area (Å²) in [4.78, 5) is 9.41. The largest absolute Gasteiger partial charge is 0.355 e. The first-order valence-electron chi connectivity index (χ1n) is 7.75. The Bertz CT molecular complexity index is 326. The van der Waals surface area contributed by atoms with Crippen LogP contribution in [0, 0.1) is 5.41 Å². The van der Waals surface area contributed by atoms with Crippen LogP contribution < -0.4 is 5.32 Å². The van der Waals surface area contributed by atoms with Gasteiger partial charge in [-0.3, -0.25) is 9.89 Å². The summed E-state index contributed by atoms with van der Waals surface area (Å²) in [5.41, 5.74) is 0.432. The molecule has 1 saturated carbocycles. The molecule has 0 radical (unpaired) electrons. The van der Waals surface area contributed by atoms with E-state index in [1.54, 1.807) is 0 Å². The van der Waals surface area contributed by atoms with Gasteiger partial charge >= 0.3 is 0 Å². The number of guanidine groups is 1. The smallest absolute Gasteiger partial charge is 0.193 e. The lowest BCUT2D eigenvalue weighted by Crippen LogP contribution is -2.44. The monoisotopic (exact) mass is 394 g/mol. The fourth-order valence-corrected chi connectivity index (χ4v) is 2.98. The Labute approximate surface area is 141 Å². The third-order valence-corrected chi connectivity index (χ3v) is 4.34. The number of likely N-dealkylation sites (N-methyl/N-ethyl adjacent to an activating group) is 1. The maximum absolute atomic E-state index is 4.43. The van der Waals surface area contributed by atoms with Gasteiger partial charge in [0.05, 0.1) is 0 Å². The summed E-state index contributed by atoms with van der Waals surface area (Å²) in [7, 11) is 1.89. The summed E-state index contributed by atoms with van der Waals surface area (Å²) < 4.78 is 0. The highest BCUT2D eigenvalue weighted by Gasteiger charge is 2.31. The molecule has 1 aliphatic carbocycles. The van der Waals surface area contributed by atoms with Crippen molar-refractivity contribution in [3.8, 4) is 0 Å². The minimum absolute atomic E-state index is 0. The van der Waals surface area contributed by atoms with E-state index >= 15 is 0 Å². The second kappa shape index (κ2) is 7.82. The van der Waals surface area contributed by atoms with Crippen LogP contribution in [0.5, 0.6) is 0 Å². The van der Waals surface area contributed by atoms with Crippen LogP contribution in [0.2, 0.25) is 0 Å². The lowest BCUT2D eigenvalue weighted by molar-refractivity contribution is 0.280. The molecule has 0 spiro atoms. The van der Waals surface area contributed by atoms with Crippen LogP contribution >= 0.6 is 24.0 Å². The number of hydrogen-bond acceptors (Lipinski definition) is 2. The lowest BCUT2D eigenvalue weighted by atomic mass is 9.93. The SMILES string of the molecule is CCN(CCNC(=NC)N1CCC(C)(C)C1)C1CC1.I. The fraction of sp³-hybridized carbons (Fsp3) is 0.933. The molecule has 0 atom stereocenters. The molecule has 4 nitrogen and oxygen atoms in total. The Morgan fingerprint density at radius 2 is 2.10 bits per heavy atom. The second-order valence-electron chi connectivity index (χ2n) is 6.67. The van der Waals surface area contributed by atoms with Crippen molar-refractivity contribution in [2.45, 2.75) is 46.1 Å². The van der Waals surface area contributed by atoms with E-state index in [1.807, 2.05) is 7.05 Å². The molecular formula is C15H31IN4. The van der Waals surface area contributed by atoms with Crippen LogP contribution in [0.4, 0.5) is 0 Å². The first-order valence-corrected chi connectivity index (χ1v) is 7.75. The topological polar surface area (TPSA) is 30.9 Å². The molecule has 2 fully saturated rings. The van der Waals surface area contributed by atoms with Crippen molar-refractivity contribution in [2.24, 2.45) is 10.4 Å². The molecule has 1 heterocycles. The molecule has 118 valence electrons. The lowest BCUT2D eigenvalue weighted by Gasteiger charge is -2.25. The van der Waals surface area contributed by atoms with Gasteiger partial charge in [-0.2, -0.15) is 0 Å². The van der Waals surface area contributed by atoms with Crippen molar-refractivity contribution in [3.63, 3.8) is 0 Å². The highest BCUT2D eigenvalue weighted by atomic mass is 127. The third kappa shape index (κ3) is 5.06. The van der Waals surface area contributed by atoms with Crippen LogP contribution in [0.3, 0.4) is 0 Å². The summed E-state index contributed by atoms with van der Waals surface area (Å²) >= 11 is 0. The maximum atomic E-state index is 4.43. The van der Waals surface area contributed by atoms with E-state index in [2.05, 4.69) is 40.9 Å². The fourth-order valence-electron chi connectivity index (χ4n) is 2.98. The van der Waals surface area contributed by atoms with E-state index in [4.69, 9.17) is 0 Å². The van der Waals surface area contributed by atoms with Crippen molar-refractivity contribution < 1.29 is 0 Å². The zero-order chi connectivity index (χ0) is 13.9. The van der Waals surface area contributed by atoms with Crippen LogP contribution in [0.25, 0.3) is 0 Å². The quantitative estimate of drug-likeness (QED) is 0.442. The number of nitrogens with one attached hydrogen (secondary N) is 1. The van der Waals surface area contributed by atoms with Crippen LogP contribution in [-0.4, -0.2) is 61.6 Å². The first-order chi connectivity index (χ1) is 9.05. The van der Waals surface area contributed by atoms with Gasteiger partial charge in [0.25, 0.3) is 0 Å². The van der Waals surface area contributed by atoms with Crippen molar-refractivity contribution in [1.29, 1.82) is 0 Å². The van der Waals surface area contributed by atoms with Crippen LogP contribution in [0.1, 0.15) is 40.0 Å². The van der Waals surface area contributed by atoms with E-state index in [9.17, 15) is 0 Å². The maximum Gasteiger partial charge on any atom is 0.193 e. The first kappa shape index (κ1) is 18.0. The van der Waals surface area contributed by atoms with E-state index in [0.29, 0.717) is 5.41 Å². The number of hydrogen-bond donors (Lipinski definition) is 1. The normalized spacial score (nSPS) is 22.1. The molecule has 0 aromatic heterocycles. The Hall–Kier alpha value is -0.0400. The van der Waals surface area contributed by atoms with Gasteiger partial charge in [0.15, 0.2) is 5.96 Å². The molecule has 2 aliphatic rings. The van der Waals surface area contributed by atoms with Gasteiger partial charge in [0.2, 0.25) is 0 Å². The zero-order valence-electron chi connectivity index (χ0n) is 13.5. The summed E-state index contributed by atoms with van der Waals surface area (Å²) in [6.07, 6.45) is 4.04. The average Bonchev–Trinajstić information content (AvgIpc) is 3.14. The van der Waals surface area contributed by atoms with E-state index in [1.165, 1.54) is 25.8 Å². The standard InChI is InChI=1S/C15H30N4.HI/c1-5-18(13-6-7-13)11-9-17-14(16-4)19-10-8-15(2,3)12-19;/h13H,5-12H2,1-4H3,(H,16,17);1H. The molecule has 1 N–H and O–H groups in total. The minimum Gasteiger partial charge on any atom is -0.355 e. The van der Waals surface area contributed by atoms with E-state index < -0.39 is 0 Å². The van der Waals surface area contributed by atoms with Gasteiger partial charge in [-0.15, -0.1) is 24.0 Å². The molecule has 0 bridgehead atoms. The number of nitrogens with zero attached hydrogens (tertiary/aromatic N) is 3. The summed E-state index contributed by atoms with van der Waals surface area (Å²) in [6, 6.07) is 0.861. The van der Waals surface area contributed by atoms with Gasteiger partial charge in [0.1, 0.15) is 0 Å². The highest BCUT2D eigenvalue weighted by molar-refractivity contribution is 14.0. The molecule has 2 rings (SSSR count). The Kier molecular flexibility index (Phi) is 7.04. The Morgan fingerprint density at radius 1 is 1.40 bits per heavy atom. The number of aliphatic imine (C=N–C) groups is 1. The van der Waals surface area contributed by atoms with Crippen molar-refractivity contribution in [3.05, 3.63) is 0 Å².